The number of hydrogen-bond donors (Lipinski definition) is 0. The van der Waals surface area contributed by atoms with Crippen molar-refractivity contribution in [1.82, 2.24) is 0 Å². The largest absolute Gasteiger partial charge is 0.126 e. The zero-order valence-electron chi connectivity index (χ0n) is 6.35. The van der Waals surface area contributed by atoms with Crippen LogP contribution in [0.5, 0.6) is 0 Å². The molecule has 0 saturated heterocycles. The third kappa shape index (κ3) is 2.39. The summed E-state index contributed by atoms with van der Waals surface area (Å²) in [6.45, 7) is 2.08. The van der Waals surface area contributed by atoms with Crippen molar-refractivity contribution in [2.75, 3.05) is 5.88 Å². The summed E-state index contributed by atoms with van der Waals surface area (Å²) in [5.41, 5.74) is 1.20. The van der Waals surface area contributed by atoms with Crippen LogP contribution < -0.4 is 0 Å². The van der Waals surface area contributed by atoms with Crippen LogP contribution in [-0.4, -0.2) is 5.88 Å². The molecular weight excluding hydrogens is 179 g/mol. The topological polar surface area (TPSA) is 0 Å². The summed E-state index contributed by atoms with van der Waals surface area (Å²) < 4.78 is 0. The molecule has 0 radical (unpaired) electrons. The summed E-state index contributed by atoms with van der Waals surface area (Å²) in [5, 5.41) is 0.777. The zero-order valence-corrected chi connectivity index (χ0v) is 7.86. The lowest BCUT2D eigenvalue weighted by Gasteiger charge is -2.06. The molecule has 1 aromatic rings. The molecule has 2 heteroatoms. The number of rotatable bonds is 2. The lowest BCUT2D eigenvalue weighted by Crippen LogP contribution is -1.93. The summed E-state index contributed by atoms with van der Waals surface area (Å²) in [6.07, 6.45) is 0. The number of alkyl halides is 1. The van der Waals surface area contributed by atoms with Crippen molar-refractivity contribution in [3.05, 3.63) is 34.9 Å². The predicted octanol–water partition coefficient (Wildman–Crippen LogP) is 3.68. The molecule has 0 aliphatic carbocycles. The molecule has 1 rings (SSSR count). The van der Waals surface area contributed by atoms with Crippen molar-refractivity contribution in [2.24, 2.45) is 0 Å². The van der Waals surface area contributed by atoms with Gasteiger partial charge in [0, 0.05) is 10.9 Å². The third-order valence-electron chi connectivity index (χ3n) is 1.65. The highest BCUT2D eigenvalue weighted by Crippen LogP contribution is 2.19. The van der Waals surface area contributed by atoms with Gasteiger partial charge in [0.1, 0.15) is 0 Å². The SMILES string of the molecule is CC(CCl)c1cccc(Cl)c1. The van der Waals surface area contributed by atoms with Crippen LogP contribution in [0.1, 0.15) is 18.4 Å². The Hall–Kier alpha value is -0.200. The maximum atomic E-state index is 5.80. The van der Waals surface area contributed by atoms with Crippen molar-refractivity contribution < 1.29 is 0 Å². The summed E-state index contributed by atoms with van der Waals surface area (Å²) >= 11 is 11.5. The van der Waals surface area contributed by atoms with E-state index in [4.69, 9.17) is 23.2 Å². The Kier molecular flexibility index (Phi) is 3.22. The summed E-state index contributed by atoms with van der Waals surface area (Å²) in [7, 11) is 0. The molecule has 0 heterocycles. The lowest BCUT2D eigenvalue weighted by molar-refractivity contribution is 0.875. The Morgan fingerprint density at radius 2 is 2.18 bits per heavy atom. The third-order valence-corrected chi connectivity index (χ3v) is 2.35. The molecule has 0 aliphatic rings. The molecule has 0 spiro atoms. The molecular formula is C9H10Cl2. The first-order valence-electron chi connectivity index (χ1n) is 3.55. The van der Waals surface area contributed by atoms with Crippen LogP contribution >= 0.6 is 23.2 Å². The van der Waals surface area contributed by atoms with E-state index in [2.05, 4.69) is 6.92 Å². The van der Waals surface area contributed by atoms with Crippen molar-refractivity contribution in [3.63, 3.8) is 0 Å². The van der Waals surface area contributed by atoms with E-state index in [1.165, 1.54) is 5.56 Å². The van der Waals surface area contributed by atoms with Crippen LogP contribution in [0.25, 0.3) is 0 Å². The molecule has 11 heavy (non-hydrogen) atoms. The zero-order chi connectivity index (χ0) is 8.27. The van der Waals surface area contributed by atoms with Gasteiger partial charge in [-0.2, -0.15) is 0 Å². The van der Waals surface area contributed by atoms with Gasteiger partial charge in [0.25, 0.3) is 0 Å². The first-order chi connectivity index (χ1) is 5.24. The molecule has 0 saturated carbocycles. The predicted molar refractivity (Wildman–Crippen MR) is 50.6 cm³/mol. The quantitative estimate of drug-likeness (QED) is 0.622. The van der Waals surface area contributed by atoms with Gasteiger partial charge in [-0.1, -0.05) is 30.7 Å². The average Bonchev–Trinajstić information content (AvgIpc) is 2.03. The second-order valence-electron chi connectivity index (χ2n) is 2.61. The van der Waals surface area contributed by atoms with E-state index in [-0.39, 0.29) is 0 Å². The molecule has 0 N–H and O–H groups in total. The maximum Gasteiger partial charge on any atom is 0.0408 e. The van der Waals surface area contributed by atoms with E-state index >= 15 is 0 Å². The van der Waals surface area contributed by atoms with Crippen LogP contribution in [0, 0.1) is 0 Å². The van der Waals surface area contributed by atoms with Gasteiger partial charge < -0.3 is 0 Å². The molecule has 1 unspecified atom stereocenters. The van der Waals surface area contributed by atoms with E-state index in [1.54, 1.807) is 0 Å². The van der Waals surface area contributed by atoms with E-state index in [0.29, 0.717) is 11.8 Å². The highest BCUT2D eigenvalue weighted by atomic mass is 35.5. The second kappa shape index (κ2) is 3.99. The van der Waals surface area contributed by atoms with Gasteiger partial charge in [0.2, 0.25) is 0 Å². The molecule has 0 bridgehead atoms. The number of halogens is 2. The van der Waals surface area contributed by atoms with Crippen molar-refractivity contribution in [1.29, 1.82) is 0 Å². The Bertz CT molecular complexity index is 233. The normalized spacial score (nSPS) is 13.0. The average molecular weight is 189 g/mol. The van der Waals surface area contributed by atoms with Crippen LogP contribution in [0.3, 0.4) is 0 Å². The van der Waals surface area contributed by atoms with Crippen LogP contribution in [0.2, 0.25) is 5.02 Å². The van der Waals surface area contributed by atoms with E-state index in [1.807, 2.05) is 24.3 Å². The van der Waals surface area contributed by atoms with Gasteiger partial charge in [-0.3, -0.25) is 0 Å². The minimum Gasteiger partial charge on any atom is -0.126 e. The van der Waals surface area contributed by atoms with E-state index in [0.717, 1.165) is 5.02 Å². The molecule has 0 aromatic heterocycles. The van der Waals surface area contributed by atoms with E-state index in [9.17, 15) is 0 Å². The minimum atomic E-state index is 0.385. The molecule has 60 valence electrons. The fraction of sp³-hybridized carbons (Fsp3) is 0.333. The first-order valence-corrected chi connectivity index (χ1v) is 4.46. The van der Waals surface area contributed by atoms with Crippen molar-refractivity contribution >= 4 is 23.2 Å². The standard InChI is InChI=1S/C9H10Cl2/c1-7(6-10)8-3-2-4-9(11)5-8/h2-5,7H,6H2,1H3. The van der Waals surface area contributed by atoms with Crippen LogP contribution in [0.4, 0.5) is 0 Å². The van der Waals surface area contributed by atoms with E-state index < -0.39 is 0 Å². The monoisotopic (exact) mass is 188 g/mol. The van der Waals surface area contributed by atoms with Crippen molar-refractivity contribution in [2.45, 2.75) is 12.8 Å². The Morgan fingerprint density at radius 1 is 1.45 bits per heavy atom. The van der Waals surface area contributed by atoms with Crippen molar-refractivity contribution in [3.8, 4) is 0 Å². The van der Waals surface area contributed by atoms with Gasteiger partial charge in [-0.05, 0) is 23.6 Å². The summed E-state index contributed by atoms with van der Waals surface area (Å²) in [4.78, 5) is 0. The Labute approximate surface area is 77.1 Å². The first kappa shape index (κ1) is 8.89. The highest BCUT2D eigenvalue weighted by Gasteiger charge is 2.02. The van der Waals surface area contributed by atoms with Gasteiger partial charge in [-0.25, -0.2) is 0 Å². The highest BCUT2D eigenvalue weighted by molar-refractivity contribution is 6.30. The fourth-order valence-electron chi connectivity index (χ4n) is 0.902. The smallest absolute Gasteiger partial charge is 0.0408 e. The molecule has 1 atom stereocenters. The fourth-order valence-corrected chi connectivity index (χ4v) is 1.28. The molecule has 1 aromatic carbocycles. The van der Waals surface area contributed by atoms with Gasteiger partial charge in [0.15, 0.2) is 0 Å². The maximum absolute atomic E-state index is 5.80. The number of benzene rings is 1. The Balaban J connectivity index is 2.86. The van der Waals surface area contributed by atoms with Crippen LogP contribution in [0.15, 0.2) is 24.3 Å². The minimum absolute atomic E-state index is 0.385. The molecule has 0 amide bonds. The van der Waals surface area contributed by atoms with Crippen LogP contribution in [-0.2, 0) is 0 Å². The van der Waals surface area contributed by atoms with Gasteiger partial charge in [-0.15, -0.1) is 11.6 Å². The molecule has 0 fully saturated rings. The molecule has 0 aliphatic heterocycles. The summed E-state index contributed by atoms with van der Waals surface area (Å²) in [6, 6.07) is 7.81. The van der Waals surface area contributed by atoms with Gasteiger partial charge >= 0.3 is 0 Å². The molecule has 0 nitrogen and oxygen atoms in total. The second-order valence-corrected chi connectivity index (χ2v) is 3.36. The Morgan fingerprint density at radius 3 is 2.73 bits per heavy atom. The van der Waals surface area contributed by atoms with Gasteiger partial charge in [0.05, 0.1) is 0 Å². The summed E-state index contributed by atoms with van der Waals surface area (Å²) in [5.74, 6) is 1.02. The lowest BCUT2D eigenvalue weighted by atomic mass is 10.0. The number of hydrogen-bond acceptors (Lipinski definition) is 0.